The normalized spacial score (nSPS) is 23.6. The summed E-state index contributed by atoms with van der Waals surface area (Å²) in [4.78, 5) is 24.9. The minimum atomic E-state index is -0.494. The summed E-state index contributed by atoms with van der Waals surface area (Å²) < 4.78 is 10.0. The Morgan fingerprint density at radius 1 is 1.22 bits per heavy atom. The summed E-state index contributed by atoms with van der Waals surface area (Å²) in [7, 11) is 3.12. The van der Waals surface area contributed by atoms with Crippen LogP contribution < -0.4 is 0 Å². The summed E-state index contributed by atoms with van der Waals surface area (Å²) in [5, 5.41) is 0. The molecule has 1 rings (SSSR count). The van der Waals surface area contributed by atoms with Gasteiger partial charge in [-0.15, -0.1) is 0 Å². The fourth-order valence-electron chi connectivity index (χ4n) is 2.17. The Balaban J connectivity index is 2.52. The molecule has 5 heteroatoms. The average Bonchev–Trinajstić information content (AvgIpc) is 2.73. The van der Waals surface area contributed by atoms with E-state index in [1.54, 1.807) is 11.9 Å². The third kappa shape index (κ3) is 3.89. The molecule has 104 valence electrons. The number of esters is 1. The Morgan fingerprint density at radius 3 is 2.33 bits per heavy atom. The molecule has 0 saturated heterocycles. The molecule has 0 aromatic rings. The number of methoxy groups -OCH3 is 1. The van der Waals surface area contributed by atoms with Gasteiger partial charge in [-0.2, -0.15) is 0 Å². The van der Waals surface area contributed by atoms with E-state index < -0.39 is 5.60 Å². The van der Waals surface area contributed by atoms with Gasteiger partial charge in [-0.3, -0.25) is 4.79 Å². The van der Waals surface area contributed by atoms with E-state index in [-0.39, 0.29) is 24.0 Å². The van der Waals surface area contributed by atoms with E-state index in [4.69, 9.17) is 9.47 Å². The second kappa shape index (κ2) is 5.59. The van der Waals surface area contributed by atoms with Crippen LogP contribution in [-0.2, 0) is 14.3 Å². The van der Waals surface area contributed by atoms with Gasteiger partial charge in [0.05, 0.1) is 13.0 Å². The van der Waals surface area contributed by atoms with Crippen molar-refractivity contribution >= 4 is 12.1 Å². The van der Waals surface area contributed by atoms with Crippen molar-refractivity contribution in [1.29, 1.82) is 0 Å². The van der Waals surface area contributed by atoms with Crippen LogP contribution >= 0.6 is 0 Å². The topological polar surface area (TPSA) is 55.8 Å². The zero-order valence-corrected chi connectivity index (χ0v) is 11.9. The lowest BCUT2D eigenvalue weighted by molar-refractivity contribution is -0.145. The first kappa shape index (κ1) is 14.8. The fourth-order valence-corrected chi connectivity index (χ4v) is 2.17. The number of hydrogen-bond donors (Lipinski definition) is 0. The molecule has 1 aliphatic rings. The lowest BCUT2D eigenvalue weighted by atomic mass is 10.1. The molecule has 0 aliphatic heterocycles. The smallest absolute Gasteiger partial charge is 0.410 e. The number of rotatable bonds is 2. The van der Waals surface area contributed by atoms with Crippen LogP contribution in [0, 0.1) is 5.92 Å². The molecule has 0 heterocycles. The minimum Gasteiger partial charge on any atom is -0.469 e. The van der Waals surface area contributed by atoms with Crippen LogP contribution in [0.25, 0.3) is 0 Å². The summed E-state index contributed by atoms with van der Waals surface area (Å²) >= 11 is 0. The molecule has 0 aromatic carbocycles. The molecule has 0 radical (unpaired) electrons. The molecule has 0 bridgehead atoms. The van der Waals surface area contributed by atoms with Gasteiger partial charge in [0.25, 0.3) is 0 Å². The van der Waals surface area contributed by atoms with Crippen LogP contribution in [0.4, 0.5) is 4.79 Å². The Bertz CT molecular complexity index is 321. The summed E-state index contributed by atoms with van der Waals surface area (Å²) in [6.07, 6.45) is 1.90. The van der Waals surface area contributed by atoms with Gasteiger partial charge in [-0.1, -0.05) is 0 Å². The largest absolute Gasteiger partial charge is 0.469 e. The molecule has 0 aromatic heterocycles. The van der Waals surface area contributed by atoms with Gasteiger partial charge in [-0.05, 0) is 40.0 Å². The average molecular weight is 257 g/mol. The molecule has 0 N–H and O–H groups in total. The summed E-state index contributed by atoms with van der Waals surface area (Å²) in [6.45, 7) is 5.51. The maximum absolute atomic E-state index is 11.9. The molecule has 1 amide bonds. The zero-order valence-electron chi connectivity index (χ0n) is 11.9. The van der Waals surface area contributed by atoms with Crippen molar-refractivity contribution in [2.24, 2.45) is 5.92 Å². The summed E-state index contributed by atoms with van der Waals surface area (Å²) in [5.74, 6) is -0.278. The van der Waals surface area contributed by atoms with Crippen LogP contribution in [0.5, 0.6) is 0 Å². The maximum Gasteiger partial charge on any atom is 0.410 e. The first-order valence-electron chi connectivity index (χ1n) is 6.28. The summed E-state index contributed by atoms with van der Waals surface area (Å²) in [6, 6.07) is 0.0592. The summed E-state index contributed by atoms with van der Waals surface area (Å²) in [5.41, 5.74) is -0.494. The number of nitrogens with zero attached hydrogens (tertiary/aromatic N) is 1. The lowest BCUT2D eigenvalue weighted by Crippen LogP contribution is -2.39. The molecule has 0 unspecified atom stereocenters. The number of carbonyl (C=O) groups excluding carboxylic acids is 2. The SMILES string of the molecule is COC(=O)[C@H]1CC[C@@H](N(C)C(=O)OC(C)(C)C)C1. The van der Waals surface area contributed by atoms with Crippen LogP contribution in [-0.4, -0.2) is 42.8 Å². The first-order chi connectivity index (χ1) is 8.24. The van der Waals surface area contributed by atoms with Crippen LogP contribution in [0.2, 0.25) is 0 Å². The predicted octanol–water partition coefficient (Wildman–Crippen LogP) is 2.20. The van der Waals surface area contributed by atoms with Crippen molar-refractivity contribution in [2.45, 2.75) is 51.7 Å². The van der Waals surface area contributed by atoms with E-state index in [2.05, 4.69) is 0 Å². The molecule has 0 spiro atoms. The molecular formula is C13H23NO4. The van der Waals surface area contributed by atoms with Crippen molar-refractivity contribution in [3.8, 4) is 0 Å². The highest BCUT2D eigenvalue weighted by Crippen LogP contribution is 2.30. The number of hydrogen-bond acceptors (Lipinski definition) is 4. The molecule has 2 atom stereocenters. The standard InChI is InChI=1S/C13H23NO4/c1-13(2,3)18-12(16)14(4)10-7-6-9(8-10)11(15)17-5/h9-10H,6-8H2,1-5H3/t9-,10+/m0/s1. The number of carbonyl (C=O) groups is 2. The van der Waals surface area contributed by atoms with Gasteiger partial charge in [0.1, 0.15) is 5.60 Å². The second-order valence-electron chi connectivity index (χ2n) is 5.78. The molecule has 18 heavy (non-hydrogen) atoms. The van der Waals surface area contributed by atoms with Gasteiger partial charge in [-0.25, -0.2) is 4.79 Å². The fraction of sp³-hybridized carbons (Fsp3) is 0.846. The van der Waals surface area contributed by atoms with Gasteiger partial charge >= 0.3 is 12.1 Å². The predicted molar refractivity (Wildman–Crippen MR) is 67.1 cm³/mol. The van der Waals surface area contributed by atoms with E-state index in [9.17, 15) is 9.59 Å². The zero-order chi connectivity index (χ0) is 13.9. The van der Waals surface area contributed by atoms with Gasteiger partial charge in [0, 0.05) is 13.1 Å². The Kier molecular flexibility index (Phi) is 4.59. The van der Waals surface area contributed by atoms with Crippen molar-refractivity contribution in [2.75, 3.05) is 14.2 Å². The third-order valence-electron chi connectivity index (χ3n) is 3.17. The van der Waals surface area contributed by atoms with Crippen LogP contribution in [0.1, 0.15) is 40.0 Å². The molecule has 5 nitrogen and oxygen atoms in total. The number of ether oxygens (including phenoxy) is 2. The Morgan fingerprint density at radius 2 is 1.83 bits per heavy atom. The van der Waals surface area contributed by atoms with Crippen LogP contribution in [0.15, 0.2) is 0 Å². The van der Waals surface area contributed by atoms with E-state index in [1.807, 2.05) is 20.8 Å². The van der Waals surface area contributed by atoms with E-state index in [1.165, 1.54) is 7.11 Å². The van der Waals surface area contributed by atoms with Gasteiger partial charge < -0.3 is 14.4 Å². The molecule has 1 saturated carbocycles. The van der Waals surface area contributed by atoms with Crippen molar-refractivity contribution < 1.29 is 19.1 Å². The monoisotopic (exact) mass is 257 g/mol. The van der Waals surface area contributed by atoms with Crippen molar-refractivity contribution in [1.82, 2.24) is 4.90 Å². The highest BCUT2D eigenvalue weighted by molar-refractivity contribution is 5.73. The van der Waals surface area contributed by atoms with Crippen LogP contribution in [0.3, 0.4) is 0 Å². The minimum absolute atomic E-state index is 0.0592. The molecule has 1 aliphatic carbocycles. The van der Waals surface area contributed by atoms with Crippen molar-refractivity contribution in [3.05, 3.63) is 0 Å². The Hall–Kier alpha value is -1.26. The van der Waals surface area contributed by atoms with E-state index >= 15 is 0 Å². The van der Waals surface area contributed by atoms with Gasteiger partial charge in [0.2, 0.25) is 0 Å². The quantitative estimate of drug-likeness (QED) is 0.712. The van der Waals surface area contributed by atoms with E-state index in [0.717, 1.165) is 12.8 Å². The molecular weight excluding hydrogens is 234 g/mol. The highest BCUT2D eigenvalue weighted by Gasteiger charge is 2.35. The van der Waals surface area contributed by atoms with E-state index in [0.29, 0.717) is 6.42 Å². The highest BCUT2D eigenvalue weighted by atomic mass is 16.6. The second-order valence-corrected chi connectivity index (χ2v) is 5.78. The van der Waals surface area contributed by atoms with Crippen molar-refractivity contribution in [3.63, 3.8) is 0 Å². The number of amides is 1. The maximum atomic E-state index is 11.9. The molecule has 1 fully saturated rings. The first-order valence-corrected chi connectivity index (χ1v) is 6.28. The lowest BCUT2D eigenvalue weighted by Gasteiger charge is -2.28. The Labute approximate surface area is 108 Å². The third-order valence-corrected chi connectivity index (χ3v) is 3.17. The van der Waals surface area contributed by atoms with Gasteiger partial charge in [0.15, 0.2) is 0 Å².